The predicted octanol–water partition coefficient (Wildman–Crippen LogP) is 2.25. The van der Waals surface area contributed by atoms with Crippen LogP contribution in [0.2, 0.25) is 0 Å². The summed E-state index contributed by atoms with van der Waals surface area (Å²) in [7, 11) is 1.67. The quantitative estimate of drug-likeness (QED) is 0.321. The van der Waals surface area contributed by atoms with E-state index >= 15 is 0 Å². The minimum Gasteiger partial charge on any atom is -0.322 e. The molecule has 0 saturated heterocycles. The number of H-pyrrole nitrogens is 3. The molecule has 0 bridgehead atoms. The zero-order valence-corrected chi connectivity index (χ0v) is 14.3. The highest BCUT2D eigenvalue weighted by molar-refractivity contribution is 6.02. The monoisotopic (exact) mass is 350 g/mol. The van der Waals surface area contributed by atoms with Gasteiger partial charge in [0.2, 0.25) is 5.91 Å². The maximum absolute atomic E-state index is 12.2. The Morgan fingerprint density at radius 1 is 1.23 bits per heavy atom. The summed E-state index contributed by atoms with van der Waals surface area (Å²) < 4.78 is 0. The van der Waals surface area contributed by atoms with Crippen molar-refractivity contribution in [2.24, 2.45) is 4.99 Å². The minimum atomic E-state index is -0.288. The summed E-state index contributed by atoms with van der Waals surface area (Å²) in [5, 5.41) is 9.46. The van der Waals surface area contributed by atoms with Gasteiger partial charge in [-0.05, 0) is 42.3 Å². The summed E-state index contributed by atoms with van der Waals surface area (Å²) in [5.41, 5.74) is 4.28. The van der Waals surface area contributed by atoms with Crippen molar-refractivity contribution in [3.05, 3.63) is 64.4 Å². The summed E-state index contributed by atoms with van der Waals surface area (Å²) in [6.07, 6.45) is 8.30. The molecular formula is C18H18N6O2. The Bertz CT molecular complexity index is 1070. The number of carbonyl (C=O) groups is 1. The molecule has 0 aliphatic carbocycles. The Labute approximate surface area is 148 Å². The van der Waals surface area contributed by atoms with Crippen molar-refractivity contribution in [2.75, 3.05) is 12.4 Å². The third-order valence-corrected chi connectivity index (χ3v) is 3.83. The largest absolute Gasteiger partial charge is 0.323 e. The number of nitrogens with one attached hydrogen (secondary N) is 4. The first-order valence-electron chi connectivity index (χ1n) is 7.90. The number of imidazole rings is 1. The van der Waals surface area contributed by atoms with Gasteiger partial charge in [-0.25, -0.2) is 4.79 Å². The summed E-state index contributed by atoms with van der Waals surface area (Å²) in [5.74, 6) is -0.288. The van der Waals surface area contributed by atoms with Gasteiger partial charge in [0.1, 0.15) is 0 Å². The number of aromatic amines is 3. The fourth-order valence-corrected chi connectivity index (χ4v) is 2.49. The van der Waals surface area contributed by atoms with Crippen molar-refractivity contribution in [3.8, 4) is 0 Å². The number of rotatable bonds is 5. The van der Waals surface area contributed by atoms with E-state index in [2.05, 4.69) is 30.5 Å². The number of nitrogens with zero attached hydrogens (tertiary/aromatic N) is 2. The highest BCUT2D eigenvalue weighted by Crippen LogP contribution is 2.17. The van der Waals surface area contributed by atoms with Gasteiger partial charge in [-0.3, -0.25) is 14.9 Å². The van der Waals surface area contributed by atoms with Crippen molar-refractivity contribution in [1.82, 2.24) is 20.2 Å². The summed E-state index contributed by atoms with van der Waals surface area (Å²) in [6.45, 7) is 1.93. The molecule has 1 aromatic carbocycles. The number of benzene rings is 1. The van der Waals surface area contributed by atoms with E-state index in [4.69, 9.17) is 0 Å². The van der Waals surface area contributed by atoms with E-state index < -0.39 is 0 Å². The van der Waals surface area contributed by atoms with Crippen LogP contribution in [0.25, 0.3) is 16.6 Å². The third-order valence-electron chi connectivity index (χ3n) is 3.83. The molecule has 0 unspecified atom stereocenters. The number of amides is 1. The van der Waals surface area contributed by atoms with Crippen molar-refractivity contribution in [2.45, 2.75) is 6.92 Å². The summed E-state index contributed by atoms with van der Waals surface area (Å²) in [4.78, 5) is 32.8. The molecule has 0 radical (unpaired) electrons. The smallest absolute Gasteiger partial charge is 0.322 e. The number of hydrogen-bond acceptors (Lipinski definition) is 4. The molecule has 132 valence electrons. The molecule has 8 heteroatoms. The van der Waals surface area contributed by atoms with Crippen LogP contribution in [0.3, 0.4) is 0 Å². The van der Waals surface area contributed by atoms with Crippen LogP contribution in [-0.2, 0) is 4.79 Å². The van der Waals surface area contributed by atoms with Crippen molar-refractivity contribution in [1.29, 1.82) is 0 Å². The van der Waals surface area contributed by atoms with Crippen LogP contribution in [0.15, 0.2) is 58.1 Å². The zero-order chi connectivity index (χ0) is 18.5. The molecule has 0 saturated carbocycles. The Hall–Kier alpha value is -3.68. The van der Waals surface area contributed by atoms with Crippen LogP contribution in [0.5, 0.6) is 0 Å². The molecule has 8 nitrogen and oxygen atoms in total. The molecule has 3 aromatic rings. The summed E-state index contributed by atoms with van der Waals surface area (Å²) >= 11 is 0. The fraction of sp³-hybridized carbons (Fsp3) is 0.111. The predicted molar refractivity (Wildman–Crippen MR) is 102 cm³/mol. The second-order valence-electron chi connectivity index (χ2n) is 5.62. The van der Waals surface area contributed by atoms with Gasteiger partial charge in [0.25, 0.3) is 0 Å². The van der Waals surface area contributed by atoms with E-state index in [-0.39, 0.29) is 11.6 Å². The van der Waals surface area contributed by atoms with Gasteiger partial charge in [0, 0.05) is 36.8 Å². The molecule has 0 aliphatic heterocycles. The first-order chi connectivity index (χ1) is 12.6. The van der Waals surface area contributed by atoms with Crippen LogP contribution in [0.1, 0.15) is 12.5 Å². The second kappa shape index (κ2) is 7.47. The minimum absolute atomic E-state index is 0.285. The first-order valence-corrected chi connectivity index (χ1v) is 7.90. The highest BCUT2D eigenvalue weighted by atomic mass is 16.1. The Balaban J connectivity index is 1.78. The maximum Gasteiger partial charge on any atom is 0.323 e. The zero-order valence-electron chi connectivity index (χ0n) is 14.3. The van der Waals surface area contributed by atoms with Gasteiger partial charge in [-0.1, -0.05) is 0 Å². The highest BCUT2D eigenvalue weighted by Gasteiger charge is 2.04. The molecule has 26 heavy (non-hydrogen) atoms. The van der Waals surface area contributed by atoms with Gasteiger partial charge in [-0.15, -0.1) is 0 Å². The lowest BCUT2D eigenvalue weighted by atomic mass is 10.0. The van der Waals surface area contributed by atoms with Crippen molar-refractivity contribution >= 4 is 34.4 Å². The van der Waals surface area contributed by atoms with Crippen molar-refractivity contribution in [3.63, 3.8) is 0 Å². The van der Waals surface area contributed by atoms with E-state index in [9.17, 15) is 9.59 Å². The SMILES string of the molecule is CN=CC(/C=C/C(=O)Nc1ccc2[nH]c(=O)[nH]c2c1)=C(\C)c1cn[nH]c1. The Morgan fingerprint density at radius 3 is 2.77 bits per heavy atom. The lowest BCUT2D eigenvalue weighted by Crippen LogP contribution is -2.08. The maximum atomic E-state index is 12.2. The van der Waals surface area contributed by atoms with E-state index in [0.717, 1.165) is 16.7 Å². The van der Waals surface area contributed by atoms with E-state index in [0.29, 0.717) is 16.7 Å². The number of aliphatic imine (C=N–C) groups is 1. The van der Waals surface area contributed by atoms with Crippen LogP contribution >= 0.6 is 0 Å². The number of aromatic nitrogens is 4. The van der Waals surface area contributed by atoms with Gasteiger partial charge < -0.3 is 15.3 Å². The Kier molecular flexibility index (Phi) is 4.93. The number of allylic oxidation sites excluding steroid dienone is 3. The lowest BCUT2D eigenvalue weighted by molar-refractivity contribution is -0.111. The molecule has 1 amide bonds. The topological polar surface area (TPSA) is 119 Å². The summed E-state index contributed by atoms with van der Waals surface area (Å²) in [6, 6.07) is 5.14. The molecule has 2 aromatic heterocycles. The lowest BCUT2D eigenvalue weighted by Gasteiger charge is -2.03. The molecule has 2 heterocycles. The molecule has 0 spiro atoms. The average Bonchev–Trinajstić information content (AvgIpc) is 3.26. The van der Waals surface area contributed by atoms with Gasteiger partial charge in [-0.2, -0.15) is 5.10 Å². The Morgan fingerprint density at radius 2 is 2.04 bits per heavy atom. The molecule has 0 atom stereocenters. The van der Waals surface area contributed by atoms with E-state index in [1.165, 1.54) is 6.08 Å². The second-order valence-corrected chi connectivity index (χ2v) is 5.62. The van der Waals surface area contributed by atoms with Crippen LogP contribution in [-0.4, -0.2) is 39.3 Å². The normalized spacial score (nSPS) is 12.8. The van der Waals surface area contributed by atoms with Crippen LogP contribution in [0, 0.1) is 0 Å². The standard InChI is InChI=1S/C18H18N6O2/c1-11(13-9-20-21-10-13)12(8-19-2)3-6-17(25)22-14-4-5-15-16(7-14)24-18(26)23-15/h3-10H,1-2H3,(H,20,21)(H,22,25)(H2,23,24,26)/b6-3+,12-11+,19-8?. The van der Waals surface area contributed by atoms with Crippen LogP contribution < -0.4 is 11.0 Å². The van der Waals surface area contributed by atoms with Crippen LogP contribution in [0.4, 0.5) is 5.69 Å². The first kappa shape index (κ1) is 17.2. The molecule has 3 rings (SSSR count). The molecule has 4 N–H and O–H groups in total. The molecule has 0 fully saturated rings. The average molecular weight is 350 g/mol. The number of fused-ring (bicyclic) bond motifs is 1. The van der Waals surface area contributed by atoms with Gasteiger partial charge >= 0.3 is 5.69 Å². The fourth-order valence-electron chi connectivity index (χ4n) is 2.49. The van der Waals surface area contributed by atoms with E-state index in [1.54, 1.807) is 49.9 Å². The van der Waals surface area contributed by atoms with E-state index in [1.807, 2.05) is 6.92 Å². The van der Waals surface area contributed by atoms with Gasteiger partial charge in [0.15, 0.2) is 0 Å². The third kappa shape index (κ3) is 3.86. The number of anilines is 1. The molecule has 0 aliphatic rings. The van der Waals surface area contributed by atoms with Gasteiger partial charge in [0.05, 0.1) is 17.2 Å². The number of carbonyl (C=O) groups excluding carboxylic acids is 1. The molecular weight excluding hydrogens is 332 g/mol. The van der Waals surface area contributed by atoms with Crippen molar-refractivity contribution < 1.29 is 4.79 Å². The number of hydrogen-bond donors (Lipinski definition) is 4.